The van der Waals surface area contributed by atoms with Crippen LogP contribution in [0.1, 0.15) is 25.3 Å². The summed E-state index contributed by atoms with van der Waals surface area (Å²) >= 11 is 0. The molecule has 0 fully saturated rings. The van der Waals surface area contributed by atoms with E-state index in [2.05, 4.69) is 10.0 Å². The van der Waals surface area contributed by atoms with Gasteiger partial charge in [-0.1, -0.05) is 24.6 Å². The Morgan fingerprint density at radius 2 is 1.50 bits per heavy atom. The minimum atomic E-state index is -3.84. The maximum Gasteiger partial charge on any atom is 0.261 e. The van der Waals surface area contributed by atoms with E-state index >= 15 is 0 Å². The van der Waals surface area contributed by atoms with E-state index < -0.39 is 10.0 Å². The number of ether oxygens (including phenoxy) is 2. The van der Waals surface area contributed by atoms with Crippen LogP contribution in [-0.4, -0.2) is 21.4 Å². The monoisotopic (exact) mass is 454 g/mol. The van der Waals surface area contributed by atoms with Crippen molar-refractivity contribution >= 4 is 27.3 Å². The summed E-state index contributed by atoms with van der Waals surface area (Å²) in [6, 6.07) is 18.3. The molecule has 1 amide bonds. The van der Waals surface area contributed by atoms with Crippen molar-refractivity contribution in [3.63, 3.8) is 0 Å². The fourth-order valence-corrected chi connectivity index (χ4v) is 4.00. The lowest BCUT2D eigenvalue weighted by atomic mass is 10.2. The standard InChI is InChI=1S/C24H26N2O5S/c1-4-5-24(27)25-23-16-20(31-19-10-8-18(30-3)9-11-19)12-15-22(23)26-32(28,29)21-13-6-17(2)7-14-21/h6-16,26H,4-5H2,1-3H3,(H,25,27). The molecule has 0 heterocycles. The summed E-state index contributed by atoms with van der Waals surface area (Å²) in [6.45, 7) is 3.77. The van der Waals surface area contributed by atoms with Gasteiger partial charge < -0.3 is 14.8 Å². The molecule has 0 unspecified atom stereocenters. The number of aryl methyl sites for hydroxylation is 1. The number of carbonyl (C=O) groups is 1. The lowest BCUT2D eigenvalue weighted by Crippen LogP contribution is -2.17. The van der Waals surface area contributed by atoms with Gasteiger partial charge in [-0.25, -0.2) is 8.42 Å². The molecule has 7 nitrogen and oxygen atoms in total. The van der Waals surface area contributed by atoms with Gasteiger partial charge >= 0.3 is 0 Å². The van der Waals surface area contributed by atoms with Crippen molar-refractivity contribution in [3.05, 3.63) is 72.3 Å². The minimum absolute atomic E-state index is 0.132. The van der Waals surface area contributed by atoms with Gasteiger partial charge in [0.05, 0.1) is 23.4 Å². The highest BCUT2D eigenvalue weighted by Crippen LogP contribution is 2.32. The van der Waals surface area contributed by atoms with Crippen LogP contribution in [0.4, 0.5) is 11.4 Å². The van der Waals surface area contributed by atoms with Gasteiger partial charge in [-0.2, -0.15) is 0 Å². The smallest absolute Gasteiger partial charge is 0.261 e. The maximum absolute atomic E-state index is 12.8. The van der Waals surface area contributed by atoms with Crippen LogP contribution in [-0.2, 0) is 14.8 Å². The molecular weight excluding hydrogens is 428 g/mol. The molecule has 168 valence electrons. The number of amides is 1. The zero-order valence-electron chi connectivity index (χ0n) is 18.2. The Kier molecular flexibility index (Phi) is 7.37. The van der Waals surface area contributed by atoms with Crippen molar-refractivity contribution in [2.24, 2.45) is 0 Å². The Morgan fingerprint density at radius 1 is 0.875 bits per heavy atom. The first-order valence-electron chi connectivity index (χ1n) is 10.2. The van der Waals surface area contributed by atoms with Crippen LogP contribution < -0.4 is 19.5 Å². The first-order chi connectivity index (χ1) is 15.3. The van der Waals surface area contributed by atoms with Crippen LogP contribution in [0.2, 0.25) is 0 Å². The molecule has 3 aromatic carbocycles. The molecule has 0 aliphatic rings. The lowest BCUT2D eigenvalue weighted by molar-refractivity contribution is -0.116. The molecule has 0 spiro atoms. The molecule has 0 saturated carbocycles. The number of methoxy groups -OCH3 is 1. The summed E-state index contributed by atoms with van der Waals surface area (Å²) in [4.78, 5) is 12.4. The number of hydrogen-bond donors (Lipinski definition) is 2. The Bertz CT molecular complexity index is 1170. The first kappa shape index (κ1) is 23.1. The van der Waals surface area contributed by atoms with Gasteiger partial charge in [-0.15, -0.1) is 0 Å². The average Bonchev–Trinajstić information content (AvgIpc) is 2.76. The number of nitrogens with one attached hydrogen (secondary N) is 2. The summed E-state index contributed by atoms with van der Waals surface area (Å²) in [5, 5.41) is 2.77. The molecule has 0 saturated heterocycles. The van der Waals surface area contributed by atoms with Crippen LogP contribution in [0.5, 0.6) is 17.2 Å². The van der Waals surface area contributed by atoms with Gasteiger partial charge in [0.1, 0.15) is 17.2 Å². The molecule has 2 N–H and O–H groups in total. The predicted molar refractivity (Wildman–Crippen MR) is 125 cm³/mol. The highest BCUT2D eigenvalue weighted by Gasteiger charge is 2.17. The van der Waals surface area contributed by atoms with Gasteiger partial charge in [0.2, 0.25) is 5.91 Å². The molecule has 0 radical (unpaired) electrons. The SMILES string of the molecule is CCCC(=O)Nc1cc(Oc2ccc(OC)cc2)ccc1NS(=O)(=O)c1ccc(C)cc1. The summed E-state index contributed by atoms with van der Waals surface area (Å²) in [5.41, 5.74) is 1.51. The Labute approximate surface area is 188 Å². The molecule has 8 heteroatoms. The number of hydrogen-bond acceptors (Lipinski definition) is 5. The van der Waals surface area contributed by atoms with E-state index in [1.807, 2.05) is 13.8 Å². The molecule has 0 atom stereocenters. The number of carbonyl (C=O) groups excluding carboxylic acids is 1. The molecular formula is C24H26N2O5S. The Balaban J connectivity index is 1.89. The van der Waals surface area contributed by atoms with Crippen LogP contribution in [0, 0.1) is 6.92 Å². The van der Waals surface area contributed by atoms with Crippen molar-refractivity contribution in [1.29, 1.82) is 0 Å². The largest absolute Gasteiger partial charge is 0.497 e. The summed E-state index contributed by atoms with van der Waals surface area (Å²) in [5.74, 6) is 1.50. The van der Waals surface area contributed by atoms with Crippen molar-refractivity contribution in [2.45, 2.75) is 31.6 Å². The Morgan fingerprint density at radius 3 is 2.12 bits per heavy atom. The van der Waals surface area contributed by atoms with E-state index in [1.165, 1.54) is 12.1 Å². The molecule has 0 aliphatic heterocycles. The first-order valence-corrected chi connectivity index (χ1v) is 11.6. The third kappa shape index (κ3) is 6.01. The molecule has 0 aliphatic carbocycles. The second kappa shape index (κ2) is 10.2. The molecule has 32 heavy (non-hydrogen) atoms. The Hall–Kier alpha value is -3.52. The summed E-state index contributed by atoms with van der Waals surface area (Å²) < 4.78 is 39.3. The van der Waals surface area contributed by atoms with Crippen LogP contribution in [0.25, 0.3) is 0 Å². The number of rotatable bonds is 9. The summed E-state index contributed by atoms with van der Waals surface area (Å²) in [7, 11) is -2.26. The van der Waals surface area contributed by atoms with Crippen LogP contribution in [0.15, 0.2) is 71.6 Å². The zero-order valence-corrected chi connectivity index (χ0v) is 19.0. The molecule has 3 rings (SSSR count). The topological polar surface area (TPSA) is 93.7 Å². The van der Waals surface area contributed by atoms with E-state index in [0.717, 1.165) is 5.56 Å². The second-order valence-electron chi connectivity index (χ2n) is 7.20. The van der Waals surface area contributed by atoms with Gasteiger partial charge in [0.25, 0.3) is 10.0 Å². The van der Waals surface area contributed by atoms with Crippen molar-refractivity contribution in [2.75, 3.05) is 17.1 Å². The summed E-state index contributed by atoms with van der Waals surface area (Å²) in [6.07, 6.45) is 0.978. The van der Waals surface area contributed by atoms with Crippen molar-refractivity contribution in [1.82, 2.24) is 0 Å². The van der Waals surface area contributed by atoms with Crippen LogP contribution >= 0.6 is 0 Å². The third-order valence-corrected chi connectivity index (χ3v) is 5.99. The van der Waals surface area contributed by atoms with E-state index in [0.29, 0.717) is 35.8 Å². The molecule has 3 aromatic rings. The predicted octanol–water partition coefficient (Wildman–Crippen LogP) is 5.34. The van der Waals surface area contributed by atoms with E-state index in [1.54, 1.807) is 61.7 Å². The molecule has 0 bridgehead atoms. The number of anilines is 2. The van der Waals surface area contributed by atoms with E-state index in [4.69, 9.17) is 9.47 Å². The zero-order chi connectivity index (χ0) is 23.1. The van der Waals surface area contributed by atoms with Gasteiger partial charge in [-0.3, -0.25) is 9.52 Å². The van der Waals surface area contributed by atoms with E-state index in [-0.39, 0.29) is 16.5 Å². The van der Waals surface area contributed by atoms with Crippen LogP contribution in [0.3, 0.4) is 0 Å². The fourth-order valence-electron chi connectivity index (χ4n) is 2.92. The number of sulfonamides is 1. The quantitative estimate of drug-likeness (QED) is 0.455. The second-order valence-corrected chi connectivity index (χ2v) is 8.88. The highest BCUT2D eigenvalue weighted by molar-refractivity contribution is 7.92. The van der Waals surface area contributed by atoms with Gasteiger partial charge in [0.15, 0.2) is 0 Å². The minimum Gasteiger partial charge on any atom is -0.497 e. The van der Waals surface area contributed by atoms with Gasteiger partial charge in [-0.05, 0) is 61.9 Å². The maximum atomic E-state index is 12.8. The van der Waals surface area contributed by atoms with Crippen molar-refractivity contribution in [3.8, 4) is 17.2 Å². The lowest BCUT2D eigenvalue weighted by Gasteiger charge is -2.16. The third-order valence-electron chi connectivity index (χ3n) is 4.61. The van der Waals surface area contributed by atoms with Gasteiger partial charge in [0, 0.05) is 12.5 Å². The fraction of sp³-hybridized carbons (Fsp3) is 0.208. The molecule has 0 aromatic heterocycles. The normalized spacial score (nSPS) is 11.0. The van der Waals surface area contributed by atoms with Crippen molar-refractivity contribution < 1.29 is 22.7 Å². The number of benzene rings is 3. The van der Waals surface area contributed by atoms with E-state index in [9.17, 15) is 13.2 Å². The average molecular weight is 455 g/mol. The highest BCUT2D eigenvalue weighted by atomic mass is 32.2.